The van der Waals surface area contributed by atoms with Gasteiger partial charge in [-0.05, 0) is 94.4 Å². The highest BCUT2D eigenvalue weighted by atomic mass is 32.1. The zero-order valence-corrected chi connectivity index (χ0v) is 23.8. The highest BCUT2D eigenvalue weighted by molar-refractivity contribution is 7.14. The van der Waals surface area contributed by atoms with Gasteiger partial charge in [-0.1, -0.05) is 17.3 Å². The number of aromatic nitrogens is 5. The SMILES string of the molecule is C#Cc1cnn2c(-c3cc(NC(C)C)c(-c4nnc(C5C[C@H]6CC[C@@H](C5)C6CC(=O)C5CC5)s4)cn3)ccc2c1. The van der Waals surface area contributed by atoms with Crippen molar-refractivity contribution in [3.05, 3.63) is 47.2 Å². The monoisotopic (exact) mass is 550 g/mol. The first-order valence-electron chi connectivity index (χ1n) is 14.5. The number of hydrogen-bond acceptors (Lipinski definition) is 7. The number of pyridine rings is 1. The summed E-state index contributed by atoms with van der Waals surface area (Å²) in [7, 11) is 0. The van der Waals surface area contributed by atoms with Crippen molar-refractivity contribution in [2.75, 3.05) is 5.32 Å². The van der Waals surface area contributed by atoms with Crippen molar-refractivity contribution in [2.24, 2.45) is 23.7 Å². The largest absolute Gasteiger partial charge is 0.382 e. The summed E-state index contributed by atoms with van der Waals surface area (Å²) in [5.41, 5.74) is 5.37. The molecule has 3 aliphatic carbocycles. The molecule has 2 bridgehead atoms. The van der Waals surface area contributed by atoms with Gasteiger partial charge in [0.1, 0.15) is 10.8 Å². The molecule has 4 atom stereocenters. The average Bonchev–Trinajstić information content (AvgIpc) is 3.47. The number of rotatable bonds is 8. The molecular weight excluding hydrogens is 516 g/mol. The van der Waals surface area contributed by atoms with Gasteiger partial charge in [-0.2, -0.15) is 5.10 Å². The molecule has 4 aromatic heterocycles. The van der Waals surface area contributed by atoms with Crippen molar-refractivity contribution in [1.82, 2.24) is 24.8 Å². The van der Waals surface area contributed by atoms with Crippen molar-refractivity contribution < 1.29 is 4.79 Å². The lowest BCUT2D eigenvalue weighted by molar-refractivity contribution is -0.122. The molecule has 0 aromatic carbocycles. The summed E-state index contributed by atoms with van der Waals surface area (Å²) in [4.78, 5) is 17.4. The Morgan fingerprint density at radius 3 is 2.65 bits per heavy atom. The van der Waals surface area contributed by atoms with Crippen LogP contribution in [0, 0.1) is 36.0 Å². The summed E-state index contributed by atoms with van der Waals surface area (Å²) in [6.07, 6.45) is 17.0. The fraction of sp³-hybridized carbons (Fsp3) is 0.469. The summed E-state index contributed by atoms with van der Waals surface area (Å²) in [6, 6.07) is 8.30. The first kappa shape index (κ1) is 25.4. The maximum Gasteiger partial charge on any atom is 0.151 e. The summed E-state index contributed by atoms with van der Waals surface area (Å²) < 4.78 is 1.87. The molecule has 7 nitrogen and oxygen atoms in total. The third-order valence-electron chi connectivity index (χ3n) is 9.06. The maximum atomic E-state index is 12.6. The quantitative estimate of drug-likeness (QED) is 0.249. The Labute approximate surface area is 238 Å². The van der Waals surface area contributed by atoms with Crippen LogP contribution in [0.25, 0.3) is 27.5 Å². The summed E-state index contributed by atoms with van der Waals surface area (Å²) in [6.45, 7) is 4.26. The molecule has 0 saturated heterocycles. The molecule has 4 heterocycles. The molecule has 0 amide bonds. The zero-order chi connectivity index (χ0) is 27.4. The van der Waals surface area contributed by atoms with Crippen molar-refractivity contribution in [3.63, 3.8) is 0 Å². The Hall–Kier alpha value is -3.57. The molecule has 40 heavy (non-hydrogen) atoms. The number of nitrogens with zero attached hydrogens (tertiary/aromatic N) is 5. The third kappa shape index (κ3) is 4.71. The molecule has 0 radical (unpaired) electrons. The van der Waals surface area contributed by atoms with Gasteiger partial charge in [0.05, 0.1) is 28.7 Å². The summed E-state index contributed by atoms with van der Waals surface area (Å²) in [5.74, 6) is 5.89. The molecule has 3 saturated carbocycles. The third-order valence-corrected chi connectivity index (χ3v) is 10.2. The number of hydrogen-bond donors (Lipinski definition) is 1. The fourth-order valence-electron chi connectivity index (χ4n) is 6.97. The molecule has 0 aliphatic heterocycles. The number of carbonyl (C=O) groups is 1. The minimum absolute atomic E-state index is 0.242. The van der Waals surface area contributed by atoms with Crippen molar-refractivity contribution >= 4 is 28.3 Å². The smallest absolute Gasteiger partial charge is 0.151 e. The van der Waals surface area contributed by atoms with Crippen LogP contribution >= 0.6 is 11.3 Å². The predicted molar refractivity (Wildman–Crippen MR) is 158 cm³/mol. The molecular formula is C32H34N6OS. The highest BCUT2D eigenvalue weighted by Crippen LogP contribution is 2.54. The second-order valence-corrected chi connectivity index (χ2v) is 13.2. The van der Waals surface area contributed by atoms with Gasteiger partial charge in [0.2, 0.25) is 0 Å². The number of nitrogens with one attached hydrogen (secondary N) is 1. The lowest BCUT2D eigenvalue weighted by atomic mass is 9.71. The van der Waals surface area contributed by atoms with E-state index >= 15 is 0 Å². The van der Waals surface area contributed by atoms with Crippen LogP contribution in [-0.4, -0.2) is 36.6 Å². The summed E-state index contributed by atoms with van der Waals surface area (Å²) >= 11 is 1.70. The standard InChI is InChI=1S/C32H34N6OS/c1-4-19-11-24-9-10-29(38(24)34-16-19)28-15-27(35-18(2)3)26(17-33-28)32-37-36-31(40-32)23-12-21-7-8-22(13-23)25(21)14-30(39)20-5-6-20/h1,9-11,15-18,20-23,25H,5-8,12-14H2,2-3H3,(H,33,35)/t21-,22+,23?,25?. The predicted octanol–water partition coefficient (Wildman–Crippen LogP) is 6.61. The Balaban J connectivity index is 1.14. The van der Waals surface area contributed by atoms with E-state index in [1.54, 1.807) is 17.5 Å². The van der Waals surface area contributed by atoms with Gasteiger partial charge in [-0.3, -0.25) is 9.78 Å². The Morgan fingerprint density at radius 2 is 1.93 bits per heavy atom. The molecule has 3 aliphatic rings. The van der Waals surface area contributed by atoms with E-state index in [4.69, 9.17) is 16.5 Å². The maximum absolute atomic E-state index is 12.6. The van der Waals surface area contributed by atoms with Gasteiger partial charge in [0.15, 0.2) is 5.01 Å². The number of ketones is 1. The number of Topliss-reactive ketones (excluding diaryl/α,β-unsaturated/α-hetero) is 1. The van der Waals surface area contributed by atoms with Crippen LogP contribution in [0.15, 0.2) is 36.7 Å². The Kier molecular flexibility index (Phi) is 6.42. The van der Waals surface area contributed by atoms with Crippen LogP contribution in [0.1, 0.15) is 75.3 Å². The van der Waals surface area contributed by atoms with Gasteiger partial charge in [0.25, 0.3) is 0 Å². The minimum Gasteiger partial charge on any atom is -0.382 e. The van der Waals surface area contributed by atoms with Crippen LogP contribution in [0.4, 0.5) is 5.69 Å². The molecule has 7 rings (SSSR count). The lowest BCUT2D eigenvalue weighted by Gasteiger charge is -2.34. The van der Waals surface area contributed by atoms with E-state index in [0.717, 1.165) is 75.8 Å². The van der Waals surface area contributed by atoms with Crippen LogP contribution in [-0.2, 0) is 4.79 Å². The average molecular weight is 551 g/mol. The van der Waals surface area contributed by atoms with E-state index in [9.17, 15) is 4.79 Å². The van der Waals surface area contributed by atoms with Crippen molar-refractivity contribution in [3.8, 4) is 34.3 Å². The fourth-order valence-corrected chi connectivity index (χ4v) is 7.96. The van der Waals surface area contributed by atoms with Gasteiger partial charge >= 0.3 is 0 Å². The van der Waals surface area contributed by atoms with Crippen LogP contribution in [0.3, 0.4) is 0 Å². The van der Waals surface area contributed by atoms with Gasteiger partial charge < -0.3 is 5.32 Å². The first-order chi connectivity index (χ1) is 19.5. The van der Waals surface area contributed by atoms with E-state index in [-0.39, 0.29) is 6.04 Å². The van der Waals surface area contributed by atoms with Crippen molar-refractivity contribution in [2.45, 2.75) is 70.8 Å². The first-order valence-corrected chi connectivity index (χ1v) is 15.4. The van der Waals surface area contributed by atoms with E-state index in [1.165, 1.54) is 12.8 Å². The van der Waals surface area contributed by atoms with E-state index in [2.05, 4.69) is 41.3 Å². The number of fused-ring (bicyclic) bond motifs is 3. The zero-order valence-electron chi connectivity index (χ0n) is 23.0. The second-order valence-electron chi connectivity index (χ2n) is 12.2. The molecule has 1 N–H and O–H groups in total. The van der Waals surface area contributed by atoms with Gasteiger partial charge in [-0.25, -0.2) is 4.52 Å². The summed E-state index contributed by atoms with van der Waals surface area (Å²) in [5, 5.41) is 19.5. The normalized spacial score (nSPS) is 23.9. The van der Waals surface area contributed by atoms with Crippen LogP contribution in [0.5, 0.6) is 0 Å². The van der Waals surface area contributed by atoms with Crippen LogP contribution in [0.2, 0.25) is 0 Å². The second kappa shape index (κ2) is 10.1. The number of terminal acetylenes is 1. The Bertz CT molecular complexity index is 1610. The molecule has 0 spiro atoms. The number of anilines is 1. The Morgan fingerprint density at radius 1 is 1.12 bits per heavy atom. The van der Waals surface area contributed by atoms with Gasteiger partial charge in [-0.15, -0.1) is 16.6 Å². The molecule has 3 fully saturated rings. The topological polar surface area (TPSA) is 85.1 Å². The van der Waals surface area contributed by atoms with E-state index in [1.807, 2.05) is 28.9 Å². The molecule has 2 unspecified atom stereocenters. The minimum atomic E-state index is 0.242. The highest BCUT2D eigenvalue weighted by Gasteiger charge is 2.45. The van der Waals surface area contributed by atoms with Crippen LogP contribution < -0.4 is 5.32 Å². The van der Waals surface area contributed by atoms with E-state index in [0.29, 0.717) is 35.4 Å². The molecule has 204 valence electrons. The number of carbonyl (C=O) groups excluding carboxylic acids is 1. The molecule has 4 aromatic rings. The van der Waals surface area contributed by atoms with Crippen molar-refractivity contribution in [1.29, 1.82) is 0 Å². The lowest BCUT2D eigenvalue weighted by Crippen LogP contribution is -2.27. The van der Waals surface area contributed by atoms with E-state index < -0.39 is 0 Å². The van der Waals surface area contributed by atoms with Gasteiger partial charge in [0, 0.05) is 41.7 Å². The molecule has 8 heteroatoms.